The predicted octanol–water partition coefficient (Wildman–Crippen LogP) is 0.713. The summed E-state index contributed by atoms with van der Waals surface area (Å²) in [5.41, 5.74) is 6.33. The fraction of sp³-hybridized carbons (Fsp3) is 0.571. The number of esters is 1. The summed E-state index contributed by atoms with van der Waals surface area (Å²) in [7, 11) is 1.37. The molecule has 3 nitrogen and oxygen atoms in total. The highest BCUT2D eigenvalue weighted by Crippen LogP contribution is 2.33. The Kier molecular flexibility index (Phi) is 2.44. The molecular formula is C7H11NO2S. The van der Waals surface area contributed by atoms with Crippen molar-refractivity contribution in [1.29, 1.82) is 0 Å². The van der Waals surface area contributed by atoms with E-state index in [-0.39, 0.29) is 5.97 Å². The minimum atomic E-state index is -0.308. The van der Waals surface area contributed by atoms with Crippen LogP contribution in [0.5, 0.6) is 0 Å². The van der Waals surface area contributed by atoms with Gasteiger partial charge in [0, 0.05) is 17.4 Å². The molecule has 1 heterocycles. The van der Waals surface area contributed by atoms with Crippen molar-refractivity contribution in [2.24, 2.45) is 11.7 Å². The van der Waals surface area contributed by atoms with Gasteiger partial charge in [0.15, 0.2) is 0 Å². The summed E-state index contributed by atoms with van der Waals surface area (Å²) in [6.45, 7) is 2.00. The number of ether oxygens (including phenoxy) is 1. The van der Waals surface area contributed by atoms with Gasteiger partial charge in [-0.25, -0.2) is 4.79 Å². The van der Waals surface area contributed by atoms with Crippen molar-refractivity contribution in [1.82, 2.24) is 0 Å². The Balaban J connectivity index is 2.79. The lowest BCUT2D eigenvalue weighted by Crippen LogP contribution is -2.10. The maximum absolute atomic E-state index is 11.0. The van der Waals surface area contributed by atoms with Crippen LogP contribution in [-0.2, 0) is 9.53 Å². The Hall–Kier alpha value is -0.640. The van der Waals surface area contributed by atoms with E-state index in [1.165, 1.54) is 18.9 Å². The molecule has 0 amide bonds. The van der Waals surface area contributed by atoms with Gasteiger partial charge in [-0.1, -0.05) is 6.92 Å². The second kappa shape index (κ2) is 3.17. The highest BCUT2D eigenvalue weighted by atomic mass is 32.2. The third-order valence-corrected chi connectivity index (χ3v) is 3.00. The molecule has 0 fully saturated rings. The lowest BCUT2D eigenvalue weighted by atomic mass is 10.1. The Labute approximate surface area is 70.0 Å². The SMILES string of the molecule is COC(=O)C1=C(N)C(C)CS1. The molecule has 0 saturated carbocycles. The second-order valence-corrected chi connectivity index (χ2v) is 3.52. The van der Waals surface area contributed by atoms with Crippen molar-refractivity contribution in [3.8, 4) is 0 Å². The fourth-order valence-corrected chi connectivity index (χ4v) is 2.04. The molecule has 0 bridgehead atoms. The van der Waals surface area contributed by atoms with E-state index in [1.54, 1.807) is 0 Å². The van der Waals surface area contributed by atoms with E-state index < -0.39 is 0 Å². The van der Waals surface area contributed by atoms with Gasteiger partial charge < -0.3 is 10.5 Å². The van der Waals surface area contributed by atoms with Crippen LogP contribution in [0.2, 0.25) is 0 Å². The zero-order chi connectivity index (χ0) is 8.43. The molecule has 62 valence electrons. The van der Waals surface area contributed by atoms with E-state index in [0.717, 1.165) is 5.75 Å². The lowest BCUT2D eigenvalue weighted by Gasteiger charge is -2.01. The van der Waals surface area contributed by atoms with E-state index >= 15 is 0 Å². The predicted molar refractivity (Wildman–Crippen MR) is 44.9 cm³/mol. The molecule has 1 atom stereocenters. The van der Waals surface area contributed by atoms with Gasteiger partial charge in [-0.15, -0.1) is 11.8 Å². The van der Waals surface area contributed by atoms with Gasteiger partial charge >= 0.3 is 5.97 Å². The molecule has 0 aromatic carbocycles. The van der Waals surface area contributed by atoms with E-state index in [9.17, 15) is 4.79 Å². The Bertz CT molecular complexity index is 212. The second-order valence-electron chi connectivity index (χ2n) is 2.49. The summed E-state index contributed by atoms with van der Waals surface area (Å²) in [5.74, 6) is 0.877. The summed E-state index contributed by atoms with van der Waals surface area (Å²) in [6, 6.07) is 0. The van der Waals surface area contributed by atoms with Crippen LogP contribution in [0, 0.1) is 5.92 Å². The zero-order valence-electron chi connectivity index (χ0n) is 6.59. The number of methoxy groups -OCH3 is 1. The highest BCUT2D eigenvalue weighted by Gasteiger charge is 2.25. The Morgan fingerprint density at radius 2 is 2.45 bits per heavy atom. The summed E-state index contributed by atoms with van der Waals surface area (Å²) < 4.78 is 4.56. The summed E-state index contributed by atoms with van der Waals surface area (Å²) in [5, 5.41) is 0. The maximum atomic E-state index is 11.0. The van der Waals surface area contributed by atoms with Crippen molar-refractivity contribution in [2.45, 2.75) is 6.92 Å². The number of thioether (sulfide) groups is 1. The standard InChI is InChI=1S/C7H11NO2S/c1-4-3-11-6(5(4)8)7(9)10-2/h4H,3,8H2,1-2H3. The minimum absolute atomic E-state index is 0.300. The Morgan fingerprint density at radius 1 is 1.82 bits per heavy atom. The maximum Gasteiger partial charge on any atom is 0.346 e. The average molecular weight is 173 g/mol. The quantitative estimate of drug-likeness (QED) is 0.593. The highest BCUT2D eigenvalue weighted by molar-refractivity contribution is 8.04. The van der Waals surface area contributed by atoms with Crippen LogP contribution < -0.4 is 5.73 Å². The van der Waals surface area contributed by atoms with Crippen molar-refractivity contribution in [3.63, 3.8) is 0 Å². The van der Waals surface area contributed by atoms with Crippen LogP contribution in [0.4, 0.5) is 0 Å². The van der Waals surface area contributed by atoms with Gasteiger partial charge in [-0.3, -0.25) is 0 Å². The van der Waals surface area contributed by atoms with E-state index in [1.807, 2.05) is 6.92 Å². The van der Waals surface area contributed by atoms with Crippen LogP contribution in [0.25, 0.3) is 0 Å². The number of hydrogen-bond donors (Lipinski definition) is 1. The minimum Gasteiger partial charge on any atom is -0.465 e. The molecule has 1 aliphatic rings. The Morgan fingerprint density at radius 3 is 2.82 bits per heavy atom. The topological polar surface area (TPSA) is 52.3 Å². The van der Waals surface area contributed by atoms with Crippen LogP contribution in [0.15, 0.2) is 10.6 Å². The van der Waals surface area contributed by atoms with E-state index in [4.69, 9.17) is 5.73 Å². The average Bonchev–Trinajstić information content (AvgIpc) is 2.32. The number of allylic oxidation sites excluding steroid dienone is 1. The molecule has 0 saturated heterocycles. The van der Waals surface area contributed by atoms with Crippen molar-refractivity contribution in [3.05, 3.63) is 10.6 Å². The molecule has 2 N–H and O–H groups in total. The normalized spacial score (nSPS) is 24.0. The molecule has 0 radical (unpaired) electrons. The van der Waals surface area contributed by atoms with Gasteiger partial charge in [-0.2, -0.15) is 0 Å². The molecular weight excluding hydrogens is 162 g/mol. The summed E-state index contributed by atoms with van der Waals surface area (Å²) >= 11 is 1.47. The molecule has 0 aromatic rings. The molecule has 1 unspecified atom stereocenters. The smallest absolute Gasteiger partial charge is 0.346 e. The third-order valence-electron chi connectivity index (χ3n) is 1.64. The summed E-state index contributed by atoms with van der Waals surface area (Å²) in [4.78, 5) is 11.6. The molecule has 4 heteroatoms. The van der Waals surface area contributed by atoms with Gasteiger partial charge in [0.2, 0.25) is 0 Å². The monoisotopic (exact) mass is 173 g/mol. The number of nitrogens with two attached hydrogens (primary N) is 1. The van der Waals surface area contributed by atoms with Gasteiger partial charge in [0.1, 0.15) is 4.91 Å². The van der Waals surface area contributed by atoms with Crippen LogP contribution >= 0.6 is 11.8 Å². The first kappa shape index (κ1) is 8.46. The first-order valence-electron chi connectivity index (χ1n) is 3.37. The van der Waals surface area contributed by atoms with Gasteiger partial charge in [-0.05, 0) is 0 Å². The first-order chi connectivity index (χ1) is 5.16. The van der Waals surface area contributed by atoms with Crippen molar-refractivity contribution >= 4 is 17.7 Å². The van der Waals surface area contributed by atoms with E-state index in [0.29, 0.717) is 16.5 Å². The largest absolute Gasteiger partial charge is 0.465 e. The molecule has 0 spiro atoms. The number of carbonyl (C=O) groups is 1. The first-order valence-corrected chi connectivity index (χ1v) is 4.36. The molecule has 11 heavy (non-hydrogen) atoms. The van der Waals surface area contributed by atoms with Crippen LogP contribution in [0.3, 0.4) is 0 Å². The van der Waals surface area contributed by atoms with Crippen molar-refractivity contribution < 1.29 is 9.53 Å². The van der Waals surface area contributed by atoms with E-state index in [2.05, 4.69) is 4.74 Å². The number of rotatable bonds is 1. The lowest BCUT2D eigenvalue weighted by molar-refractivity contribution is -0.135. The zero-order valence-corrected chi connectivity index (χ0v) is 7.40. The van der Waals surface area contributed by atoms with Gasteiger partial charge in [0.05, 0.1) is 7.11 Å². The van der Waals surface area contributed by atoms with Crippen molar-refractivity contribution in [2.75, 3.05) is 12.9 Å². The van der Waals surface area contributed by atoms with Crippen LogP contribution in [0.1, 0.15) is 6.92 Å². The molecule has 0 aliphatic carbocycles. The molecule has 0 aromatic heterocycles. The third kappa shape index (κ3) is 1.50. The summed E-state index contributed by atoms with van der Waals surface area (Å²) in [6.07, 6.45) is 0. The van der Waals surface area contributed by atoms with Crippen LogP contribution in [-0.4, -0.2) is 18.8 Å². The number of hydrogen-bond acceptors (Lipinski definition) is 4. The number of carbonyl (C=O) groups excluding carboxylic acids is 1. The fourth-order valence-electron chi connectivity index (χ4n) is 0.875. The van der Waals surface area contributed by atoms with Gasteiger partial charge in [0.25, 0.3) is 0 Å². The molecule has 1 rings (SSSR count). The molecule has 1 aliphatic heterocycles.